The molecule has 2 N–H and O–H groups in total. The number of hydrogen-bond donors (Lipinski definition) is 2. The van der Waals surface area contributed by atoms with Crippen molar-refractivity contribution in [2.75, 3.05) is 0 Å². The van der Waals surface area contributed by atoms with Crippen molar-refractivity contribution < 1.29 is 18.3 Å². The van der Waals surface area contributed by atoms with Gasteiger partial charge in [0.1, 0.15) is 0 Å². The van der Waals surface area contributed by atoms with Gasteiger partial charge < -0.3 is 15.0 Å². The summed E-state index contributed by atoms with van der Waals surface area (Å²) in [6.45, 7) is 1.35. The fourth-order valence-electron chi connectivity index (χ4n) is 3.25. The third-order valence-corrected chi connectivity index (χ3v) is 4.79. The first-order chi connectivity index (χ1) is 15.1. The van der Waals surface area contributed by atoms with E-state index in [-0.39, 0.29) is 5.91 Å². The predicted molar refractivity (Wildman–Crippen MR) is 114 cm³/mol. The minimum absolute atomic E-state index is 0.291. The highest BCUT2D eigenvalue weighted by molar-refractivity contribution is 5.97. The Balaban J connectivity index is 1.33. The molecule has 4 rings (SSSR count). The highest BCUT2D eigenvalue weighted by Crippen LogP contribution is 2.20. The van der Waals surface area contributed by atoms with E-state index >= 15 is 0 Å². The number of ether oxygens (including phenoxy) is 1. The van der Waals surface area contributed by atoms with Crippen molar-refractivity contribution in [3.05, 3.63) is 101 Å². The van der Waals surface area contributed by atoms with Crippen LogP contribution in [-0.4, -0.2) is 15.9 Å². The molecule has 0 aliphatic rings. The van der Waals surface area contributed by atoms with Crippen LogP contribution in [0.3, 0.4) is 0 Å². The molecule has 0 bridgehead atoms. The monoisotopic (exact) mass is 421 g/mol. The molecule has 1 heterocycles. The summed E-state index contributed by atoms with van der Waals surface area (Å²) >= 11 is 0. The van der Waals surface area contributed by atoms with E-state index < -0.39 is 12.2 Å². The van der Waals surface area contributed by atoms with Crippen LogP contribution in [0.5, 0.6) is 0 Å². The molecule has 0 fully saturated rings. The van der Waals surface area contributed by atoms with Crippen LogP contribution in [0.15, 0.2) is 72.8 Å². The van der Waals surface area contributed by atoms with Gasteiger partial charge in [-0.15, -0.1) is 0 Å². The molecule has 31 heavy (non-hydrogen) atoms. The predicted octanol–water partition coefficient (Wildman–Crippen LogP) is 5.15. The Bertz CT molecular complexity index is 1180. The molecule has 0 radical (unpaired) electrons. The van der Waals surface area contributed by atoms with Crippen LogP contribution in [0.25, 0.3) is 11.0 Å². The number of H-pyrrole nitrogens is 1. The molecule has 0 saturated carbocycles. The molecule has 1 amide bonds. The van der Waals surface area contributed by atoms with Gasteiger partial charge in [0, 0.05) is 12.1 Å². The molecule has 3 aromatic carbocycles. The van der Waals surface area contributed by atoms with Gasteiger partial charge in [-0.05, 0) is 34.9 Å². The summed E-state index contributed by atoms with van der Waals surface area (Å²) in [5.74, 6) is -0.695. The minimum Gasteiger partial charge on any atom is -0.372 e. The maximum atomic E-state index is 12.8. The molecule has 0 saturated heterocycles. The van der Waals surface area contributed by atoms with Crippen LogP contribution < -0.4 is 5.32 Å². The van der Waals surface area contributed by atoms with E-state index in [1.165, 1.54) is 6.07 Å². The number of aromatic nitrogens is 2. The fourth-order valence-corrected chi connectivity index (χ4v) is 3.25. The number of nitrogens with zero attached hydrogens (tertiary/aromatic N) is 1. The molecule has 4 aromatic rings. The van der Waals surface area contributed by atoms with Crippen molar-refractivity contribution in [1.29, 1.82) is 0 Å². The lowest BCUT2D eigenvalue weighted by Gasteiger charge is -2.09. The fraction of sp³-hybridized carbons (Fsp3) is 0.167. The SMILES string of the molecule is O=C(NCc1cccc(COCc2ccccc2)c1)c1ccc2nc(C(F)F)[nH]c2c1. The molecule has 0 unspecified atom stereocenters. The summed E-state index contributed by atoms with van der Waals surface area (Å²) < 4.78 is 31.3. The van der Waals surface area contributed by atoms with E-state index in [1.54, 1.807) is 12.1 Å². The molecule has 158 valence electrons. The van der Waals surface area contributed by atoms with Gasteiger partial charge in [0.15, 0.2) is 5.82 Å². The lowest BCUT2D eigenvalue weighted by molar-refractivity contribution is 0.0951. The van der Waals surface area contributed by atoms with Crippen molar-refractivity contribution in [2.24, 2.45) is 0 Å². The zero-order valence-electron chi connectivity index (χ0n) is 16.6. The number of benzene rings is 3. The summed E-state index contributed by atoms with van der Waals surface area (Å²) in [4.78, 5) is 18.9. The van der Waals surface area contributed by atoms with Gasteiger partial charge in [0.05, 0.1) is 24.2 Å². The van der Waals surface area contributed by atoms with Crippen LogP contribution in [-0.2, 0) is 24.5 Å². The maximum absolute atomic E-state index is 12.8. The van der Waals surface area contributed by atoms with Gasteiger partial charge in [0.25, 0.3) is 12.3 Å². The van der Waals surface area contributed by atoms with E-state index in [1.807, 2.05) is 54.6 Å². The number of alkyl halides is 2. The second kappa shape index (κ2) is 9.49. The molecule has 0 aliphatic heterocycles. The van der Waals surface area contributed by atoms with E-state index in [9.17, 15) is 13.6 Å². The van der Waals surface area contributed by atoms with Crippen molar-refractivity contribution in [1.82, 2.24) is 15.3 Å². The summed E-state index contributed by atoms with van der Waals surface area (Å²) in [7, 11) is 0. The lowest BCUT2D eigenvalue weighted by Crippen LogP contribution is -2.22. The topological polar surface area (TPSA) is 67.0 Å². The Morgan fingerprint density at radius 1 is 0.935 bits per heavy atom. The average molecular weight is 421 g/mol. The summed E-state index contributed by atoms with van der Waals surface area (Å²) in [5.41, 5.74) is 4.24. The summed E-state index contributed by atoms with van der Waals surface area (Å²) in [5, 5.41) is 2.86. The standard InChI is InChI=1S/C24H21F2N3O2/c25-22(26)23-28-20-10-9-19(12-21(20)29-23)24(30)27-13-17-7-4-8-18(11-17)15-31-14-16-5-2-1-3-6-16/h1-12,22H,13-15H2,(H,27,30)(H,28,29). The van der Waals surface area contributed by atoms with Gasteiger partial charge in [-0.2, -0.15) is 0 Å². The Morgan fingerprint density at radius 3 is 2.48 bits per heavy atom. The maximum Gasteiger partial charge on any atom is 0.295 e. The number of nitrogens with one attached hydrogen (secondary N) is 2. The van der Waals surface area contributed by atoms with E-state index in [2.05, 4.69) is 15.3 Å². The molecular weight excluding hydrogens is 400 g/mol. The van der Waals surface area contributed by atoms with Gasteiger partial charge >= 0.3 is 0 Å². The molecular formula is C24H21F2N3O2. The second-order valence-electron chi connectivity index (χ2n) is 7.14. The molecule has 7 heteroatoms. The van der Waals surface area contributed by atoms with Crippen molar-refractivity contribution in [3.63, 3.8) is 0 Å². The van der Waals surface area contributed by atoms with Crippen molar-refractivity contribution >= 4 is 16.9 Å². The Morgan fingerprint density at radius 2 is 1.68 bits per heavy atom. The second-order valence-corrected chi connectivity index (χ2v) is 7.14. The van der Waals surface area contributed by atoms with Crippen LogP contribution in [0.1, 0.15) is 39.3 Å². The minimum atomic E-state index is -2.69. The smallest absolute Gasteiger partial charge is 0.295 e. The van der Waals surface area contributed by atoms with Crippen molar-refractivity contribution in [2.45, 2.75) is 26.2 Å². The third-order valence-electron chi connectivity index (χ3n) is 4.79. The number of imidazole rings is 1. The van der Waals surface area contributed by atoms with Crippen LogP contribution >= 0.6 is 0 Å². The molecule has 0 atom stereocenters. The third kappa shape index (κ3) is 5.32. The zero-order chi connectivity index (χ0) is 21.6. The quantitative estimate of drug-likeness (QED) is 0.414. The first-order valence-corrected chi connectivity index (χ1v) is 9.84. The largest absolute Gasteiger partial charge is 0.372 e. The number of amides is 1. The Kier molecular flexibility index (Phi) is 6.33. The normalized spacial score (nSPS) is 11.2. The molecule has 0 aliphatic carbocycles. The molecule has 0 spiro atoms. The van der Waals surface area contributed by atoms with Crippen LogP contribution in [0.2, 0.25) is 0 Å². The lowest BCUT2D eigenvalue weighted by atomic mass is 10.1. The first-order valence-electron chi connectivity index (χ1n) is 9.84. The Hall–Kier alpha value is -3.58. The Labute approximate surface area is 178 Å². The highest BCUT2D eigenvalue weighted by Gasteiger charge is 2.14. The summed E-state index contributed by atoms with van der Waals surface area (Å²) in [6.07, 6.45) is -2.69. The van der Waals surface area contributed by atoms with E-state index in [4.69, 9.17) is 4.74 Å². The number of aromatic amines is 1. The molecule has 1 aromatic heterocycles. The van der Waals surface area contributed by atoms with Gasteiger partial charge in [-0.1, -0.05) is 54.6 Å². The number of hydrogen-bond acceptors (Lipinski definition) is 3. The first kappa shape index (κ1) is 20.7. The van der Waals surface area contributed by atoms with E-state index in [0.29, 0.717) is 36.4 Å². The highest BCUT2D eigenvalue weighted by atomic mass is 19.3. The van der Waals surface area contributed by atoms with E-state index in [0.717, 1.165) is 16.7 Å². The number of fused-ring (bicyclic) bond motifs is 1. The van der Waals surface area contributed by atoms with Gasteiger partial charge in [-0.25, -0.2) is 13.8 Å². The van der Waals surface area contributed by atoms with Gasteiger partial charge in [-0.3, -0.25) is 4.79 Å². The zero-order valence-corrected chi connectivity index (χ0v) is 16.6. The number of halogens is 2. The van der Waals surface area contributed by atoms with Crippen LogP contribution in [0.4, 0.5) is 8.78 Å². The number of rotatable bonds is 8. The number of carbonyl (C=O) groups excluding carboxylic acids is 1. The van der Waals surface area contributed by atoms with Crippen LogP contribution in [0, 0.1) is 0 Å². The van der Waals surface area contributed by atoms with Crippen molar-refractivity contribution in [3.8, 4) is 0 Å². The summed E-state index contributed by atoms with van der Waals surface area (Å²) in [6, 6.07) is 22.4. The number of carbonyl (C=O) groups is 1. The van der Waals surface area contributed by atoms with Gasteiger partial charge in [0.2, 0.25) is 0 Å². The average Bonchev–Trinajstić information content (AvgIpc) is 3.22. The molecule has 5 nitrogen and oxygen atoms in total.